The lowest BCUT2D eigenvalue weighted by Crippen LogP contribution is -2.06. The average molecular weight is 824 g/mol. The highest BCUT2D eigenvalue weighted by atomic mass is 16.5. The predicted molar refractivity (Wildman–Crippen MR) is 238 cm³/mol. The minimum atomic E-state index is -0.348. The second kappa shape index (κ2) is 24.2. The first-order valence-corrected chi connectivity index (χ1v) is 20.4. The average Bonchev–Trinajstić information content (AvgIpc) is 3.33. The smallest absolute Gasteiger partial charge is 0.338 e. The zero-order valence-corrected chi connectivity index (χ0v) is 34.2. The number of nitriles is 2. The molecular formula is C50H45N7O5. The molecule has 12 nitrogen and oxygen atoms in total. The van der Waals surface area contributed by atoms with Gasteiger partial charge in [0.2, 0.25) is 0 Å². The highest BCUT2D eigenvalue weighted by Crippen LogP contribution is 2.24. The van der Waals surface area contributed by atoms with Gasteiger partial charge in [-0.05, 0) is 190 Å². The van der Waals surface area contributed by atoms with E-state index in [9.17, 15) is 4.79 Å². The lowest BCUT2D eigenvalue weighted by molar-refractivity contribution is 0.0497. The van der Waals surface area contributed by atoms with Crippen LogP contribution in [0.1, 0.15) is 65.6 Å². The van der Waals surface area contributed by atoms with Crippen LogP contribution in [-0.2, 0) is 4.74 Å². The van der Waals surface area contributed by atoms with Crippen LogP contribution in [-0.4, -0.2) is 38.6 Å². The Morgan fingerprint density at radius 1 is 0.435 bits per heavy atom. The Kier molecular flexibility index (Phi) is 17.0. The Hall–Kier alpha value is -7.96. The van der Waals surface area contributed by atoms with Gasteiger partial charge in [-0.15, -0.1) is 0 Å². The van der Waals surface area contributed by atoms with Gasteiger partial charge in [-0.3, -0.25) is 4.99 Å². The Morgan fingerprint density at radius 3 is 1.21 bits per heavy atom. The van der Waals surface area contributed by atoms with Crippen LogP contribution in [0.15, 0.2) is 171 Å². The van der Waals surface area contributed by atoms with E-state index in [1.165, 1.54) is 0 Å². The molecule has 0 aliphatic carbocycles. The van der Waals surface area contributed by atoms with Gasteiger partial charge >= 0.3 is 5.97 Å². The summed E-state index contributed by atoms with van der Waals surface area (Å²) < 4.78 is 23.1. The molecule has 6 rings (SSSR count). The summed E-state index contributed by atoms with van der Waals surface area (Å²) in [5, 5.41) is 34.7. The van der Waals surface area contributed by atoms with Gasteiger partial charge < -0.3 is 18.9 Å². The maximum atomic E-state index is 12.5. The summed E-state index contributed by atoms with van der Waals surface area (Å²) in [5.41, 5.74) is 6.09. The fourth-order valence-corrected chi connectivity index (χ4v) is 5.72. The van der Waals surface area contributed by atoms with Crippen molar-refractivity contribution in [3.05, 3.63) is 168 Å². The fourth-order valence-electron chi connectivity index (χ4n) is 5.72. The molecule has 0 N–H and O–H groups in total. The van der Waals surface area contributed by atoms with Crippen LogP contribution >= 0.6 is 0 Å². The maximum absolute atomic E-state index is 12.5. The SMILES string of the molecule is N#Cc1ccc(N=Nc2ccc(OCCCCCCOC(=O)c3ccc(N=Cc4ccc(OCCCCOc5ccc(N=Nc6ccc(C#N)cc6)cc5)cc4)cc3)cc2)cc1. The predicted octanol–water partition coefficient (Wildman–Crippen LogP) is 13.0. The highest BCUT2D eigenvalue weighted by Gasteiger charge is 2.07. The molecule has 0 heterocycles. The van der Waals surface area contributed by atoms with Crippen LogP contribution in [0, 0.1) is 22.7 Å². The number of aliphatic imine (C=N–C) groups is 1. The van der Waals surface area contributed by atoms with Gasteiger partial charge in [0.25, 0.3) is 0 Å². The molecule has 0 bridgehead atoms. The summed E-state index contributed by atoms with van der Waals surface area (Å²) >= 11 is 0. The summed E-state index contributed by atoms with van der Waals surface area (Å²) in [6, 6.07) is 47.6. The third-order valence-electron chi connectivity index (χ3n) is 9.19. The number of unbranched alkanes of at least 4 members (excludes halogenated alkanes) is 4. The molecule has 0 aromatic heterocycles. The third-order valence-corrected chi connectivity index (χ3v) is 9.19. The first-order valence-electron chi connectivity index (χ1n) is 20.4. The zero-order valence-electron chi connectivity index (χ0n) is 34.2. The van der Waals surface area contributed by atoms with Crippen molar-refractivity contribution in [1.29, 1.82) is 10.5 Å². The molecule has 0 saturated carbocycles. The van der Waals surface area contributed by atoms with Crippen molar-refractivity contribution >= 4 is 40.6 Å². The van der Waals surface area contributed by atoms with Gasteiger partial charge in [0.1, 0.15) is 17.2 Å². The molecule has 0 aliphatic heterocycles. The number of azo groups is 2. The summed E-state index contributed by atoms with van der Waals surface area (Å²) in [5.74, 6) is 1.97. The Labute approximate surface area is 361 Å². The van der Waals surface area contributed by atoms with E-state index in [1.807, 2.05) is 72.8 Å². The van der Waals surface area contributed by atoms with Crippen molar-refractivity contribution in [2.75, 3.05) is 26.4 Å². The quantitative estimate of drug-likeness (QED) is 0.0284. The van der Waals surface area contributed by atoms with Crippen molar-refractivity contribution in [1.82, 2.24) is 0 Å². The molecule has 0 radical (unpaired) electrons. The van der Waals surface area contributed by atoms with Gasteiger partial charge in [-0.2, -0.15) is 31.0 Å². The van der Waals surface area contributed by atoms with E-state index in [0.29, 0.717) is 65.9 Å². The normalized spacial score (nSPS) is 11.1. The molecule has 62 heavy (non-hydrogen) atoms. The van der Waals surface area contributed by atoms with Crippen molar-refractivity contribution in [2.24, 2.45) is 25.4 Å². The van der Waals surface area contributed by atoms with Gasteiger partial charge in [0.05, 0.1) is 83.7 Å². The summed E-state index contributed by atoms with van der Waals surface area (Å²) in [6.07, 6.45) is 7.03. The second-order valence-electron chi connectivity index (χ2n) is 13.9. The second-order valence-corrected chi connectivity index (χ2v) is 13.9. The molecule has 6 aromatic rings. The first kappa shape index (κ1) is 43.6. The number of esters is 1. The van der Waals surface area contributed by atoms with Crippen LogP contribution in [0.3, 0.4) is 0 Å². The molecule has 0 aliphatic rings. The monoisotopic (exact) mass is 823 g/mol. The number of carbonyl (C=O) groups is 1. The molecule has 0 amide bonds. The number of hydrogen-bond acceptors (Lipinski definition) is 12. The van der Waals surface area contributed by atoms with E-state index in [4.69, 9.17) is 29.5 Å². The lowest BCUT2D eigenvalue weighted by atomic mass is 10.2. The summed E-state index contributed by atoms with van der Waals surface area (Å²) in [7, 11) is 0. The summed E-state index contributed by atoms with van der Waals surface area (Å²) in [6.45, 7) is 2.11. The van der Waals surface area contributed by atoms with E-state index in [2.05, 4.69) is 37.6 Å². The standard InChI is InChI=1S/C50H45N7O5/c51-35-38-7-15-43(16-8-38)54-56-45-21-27-48(28-22-45)59-31-3-1-2-4-34-62-50(58)41-13-19-42(20-14-41)53-37-40-11-25-47(26-12-40)60-32-5-6-33-61-49-29-23-46(24-30-49)57-55-44-17-9-39(36-52)10-18-44/h7-30,37H,1-6,31-34H2. The van der Waals surface area contributed by atoms with Crippen LogP contribution in [0.25, 0.3) is 0 Å². The molecule has 0 spiro atoms. The number of ether oxygens (including phenoxy) is 4. The third kappa shape index (κ3) is 15.0. The minimum absolute atomic E-state index is 0.348. The molecule has 0 atom stereocenters. The Bertz CT molecular complexity index is 2470. The van der Waals surface area contributed by atoms with Crippen molar-refractivity contribution in [3.63, 3.8) is 0 Å². The number of carbonyl (C=O) groups excluding carboxylic acids is 1. The number of hydrogen-bond donors (Lipinski definition) is 0. The molecule has 12 heteroatoms. The highest BCUT2D eigenvalue weighted by molar-refractivity contribution is 5.90. The molecular weight excluding hydrogens is 779 g/mol. The maximum Gasteiger partial charge on any atom is 0.338 e. The number of benzene rings is 6. The van der Waals surface area contributed by atoms with E-state index in [-0.39, 0.29) is 5.97 Å². The lowest BCUT2D eigenvalue weighted by Gasteiger charge is -2.08. The number of rotatable bonds is 22. The molecule has 0 fully saturated rings. The molecule has 0 saturated heterocycles. The van der Waals surface area contributed by atoms with E-state index >= 15 is 0 Å². The molecule has 6 aromatic carbocycles. The first-order chi connectivity index (χ1) is 30.5. The Morgan fingerprint density at radius 2 is 0.790 bits per heavy atom. The van der Waals surface area contributed by atoms with Gasteiger partial charge in [-0.1, -0.05) is 0 Å². The largest absolute Gasteiger partial charge is 0.494 e. The van der Waals surface area contributed by atoms with Crippen molar-refractivity contribution in [2.45, 2.75) is 38.5 Å². The van der Waals surface area contributed by atoms with Crippen molar-refractivity contribution < 1.29 is 23.7 Å². The number of nitrogens with zero attached hydrogens (tertiary/aromatic N) is 7. The zero-order chi connectivity index (χ0) is 43.0. The van der Waals surface area contributed by atoms with Crippen LogP contribution in [0.5, 0.6) is 17.2 Å². The molecule has 0 unspecified atom stereocenters. The van der Waals surface area contributed by atoms with Gasteiger partial charge in [-0.25, -0.2) is 4.79 Å². The van der Waals surface area contributed by atoms with E-state index < -0.39 is 0 Å². The minimum Gasteiger partial charge on any atom is -0.494 e. The molecule has 310 valence electrons. The van der Waals surface area contributed by atoms with Crippen LogP contribution in [0.4, 0.5) is 28.4 Å². The topological polar surface area (TPSA) is 163 Å². The van der Waals surface area contributed by atoms with Crippen LogP contribution < -0.4 is 14.2 Å². The summed E-state index contributed by atoms with van der Waals surface area (Å²) in [4.78, 5) is 17.1. The van der Waals surface area contributed by atoms with Crippen molar-refractivity contribution in [3.8, 4) is 29.4 Å². The van der Waals surface area contributed by atoms with Crippen LogP contribution in [0.2, 0.25) is 0 Å². The fraction of sp³-hybridized carbons (Fsp3) is 0.200. The van der Waals surface area contributed by atoms with Gasteiger partial charge in [0, 0.05) is 6.21 Å². The van der Waals surface area contributed by atoms with Gasteiger partial charge in [0.15, 0.2) is 0 Å². The van der Waals surface area contributed by atoms with E-state index in [0.717, 1.165) is 67.0 Å². The Balaban J connectivity index is 0.781. The van der Waals surface area contributed by atoms with E-state index in [1.54, 1.807) is 79.0 Å².